The standard InChI is InChI=1S/C34H37FN4O3S/c1-24-32(34(40)38-21-18-28(23-38)26-6-4-3-5-7-26)33(39(36-24)30-12-10-29(35)11-13-30)27-16-19-37(20-17-27)22-25-8-14-31(15-9-25)43(2,41)42/h3-15,27-28H,16-23H2,1-2H3/t28-/m0/s1. The molecule has 4 aromatic rings. The summed E-state index contributed by atoms with van der Waals surface area (Å²) in [5, 5.41) is 4.85. The summed E-state index contributed by atoms with van der Waals surface area (Å²) < 4.78 is 39.3. The van der Waals surface area contributed by atoms with E-state index in [4.69, 9.17) is 5.10 Å². The number of hydrogen-bond donors (Lipinski definition) is 0. The Morgan fingerprint density at radius 1 is 0.884 bits per heavy atom. The van der Waals surface area contributed by atoms with Gasteiger partial charge in [0, 0.05) is 37.7 Å². The van der Waals surface area contributed by atoms with Gasteiger partial charge in [-0.3, -0.25) is 9.69 Å². The quantitative estimate of drug-likeness (QED) is 0.271. The Balaban J connectivity index is 1.24. The Hall–Kier alpha value is -3.82. The molecular weight excluding hydrogens is 563 g/mol. The van der Waals surface area contributed by atoms with Crippen LogP contribution in [-0.2, 0) is 16.4 Å². The maximum atomic E-state index is 14.2. The number of aromatic nitrogens is 2. The second-order valence-corrected chi connectivity index (χ2v) is 13.9. The largest absolute Gasteiger partial charge is 0.338 e. The Kier molecular flexibility index (Phi) is 8.20. The number of benzene rings is 3. The van der Waals surface area contributed by atoms with Crippen molar-refractivity contribution in [2.45, 2.75) is 49.5 Å². The summed E-state index contributed by atoms with van der Waals surface area (Å²) in [4.78, 5) is 18.8. The summed E-state index contributed by atoms with van der Waals surface area (Å²) in [7, 11) is -3.23. The molecule has 0 radical (unpaired) electrons. The number of carbonyl (C=O) groups excluding carboxylic acids is 1. The second kappa shape index (κ2) is 12.1. The second-order valence-electron chi connectivity index (χ2n) is 11.8. The van der Waals surface area contributed by atoms with Crippen molar-refractivity contribution in [2.75, 3.05) is 32.4 Å². The zero-order valence-electron chi connectivity index (χ0n) is 24.6. The summed E-state index contributed by atoms with van der Waals surface area (Å²) in [6, 6.07) is 23.8. The minimum Gasteiger partial charge on any atom is -0.338 e. The average Bonchev–Trinajstić information content (AvgIpc) is 3.63. The number of hydrogen-bond acceptors (Lipinski definition) is 5. The predicted molar refractivity (Wildman–Crippen MR) is 165 cm³/mol. The lowest BCUT2D eigenvalue weighted by Crippen LogP contribution is -2.34. The maximum Gasteiger partial charge on any atom is 0.257 e. The Morgan fingerprint density at radius 2 is 1.53 bits per heavy atom. The molecule has 7 nitrogen and oxygen atoms in total. The van der Waals surface area contributed by atoms with Gasteiger partial charge in [-0.05, 0) is 86.8 Å². The van der Waals surface area contributed by atoms with Crippen LogP contribution in [0.15, 0.2) is 83.8 Å². The zero-order valence-corrected chi connectivity index (χ0v) is 25.4. The van der Waals surface area contributed by atoms with Gasteiger partial charge in [0.15, 0.2) is 9.84 Å². The van der Waals surface area contributed by atoms with Crippen LogP contribution >= 0.6 is 0 Å². The molecule has 224 valence electrons. The van der Waals surface area contributed by atoms with E-state index in [2.05, 4.69) is 17.0 Å². The highest BCUT2D eigenvalue weighted by Crippen LogP contribution is 2.36. The topological polar surface area (TPSA) is 75.5 Å². The normalized spacial score (nSPS) is 18.3. The fourth-order valence-electron chi connectivity index (χ4n) is 6.53. The molecule has 0 unspecified atom stereocenters. The molecule has 0 N–H and O–H groups in total. The van der Waals surface area contributed by atoms with Crippen LogP contribution in [-0.4, -0.2) is 66.3 Å². The number of amides is 1. The van der Waals surface area contributed by atoms with Crippen molar-refractivity contribution in [3.8, 4) is 5.69 Å². The molecule has 0 aliphatic carbocycles. The molecule has 3 heterocycles. The van der Waals surface area contributed by atoms with Gasteiger partial charge >= 0.3 is 0 Å². The van der Waals surface area contributed by atoms with Crippen molar-refractivity contribution in [1.82, 2.24) is 19.6 Å². The molecule has 9 heteroatoms. The summed E-state index contributed by atoms with van der Waals surface area (Å²) in [5.41, 5.74) is 5.35. The highest BCUT2D eigenvalue weighted by Gasteiger charge is 2.35. The maximum absolute atomic E-state index is 14.2. The fourth-order valence-corrected chi connectivity index (χ4v) is 7.16. The molecule has 43 heavy (non-hydrogen) atoms. The van der Waals surface area contributed by atoms with Crippen molar-refractivity contribution in [3.05, 3.63) is 113 Å². The lowest BCUT2D eigenvalue weighted by molar-refractivity contribution is 0.0787. The van der Waals surface area contributed by atoms with Gasteiger partial charge in [0.2, 0.25) is 0 Å². The van der Waals surface area contributed by atoms with E-state index < -0.39 is 9.84 Å². The van der Waals surface area contributed by atoms with Crippen molar-refractivity contribution in [1.29, 1.82) is 0 Å². The zero-order chi connectivity index (χ0) is 30.1. The molecule has 6 rings (SSSR count). The average molecular weight is 601 g/mol. The highest BCUT2D eigenvalue weighted by atomic mass is 32.2. The predicted octanol–water partition coefficient (Wildman–Crippen LogP) is 5.73. The molecular formula is C34H37FN4O3S. The minimum atomic E-state index is -3.23. The molecule has 1 amide bonds. The van der Waals surface area contributed by atoms with Crippen LogP contribution in [0.3, 0.4) is 0 Å². The van der Waals surface area contributed by atoms with Gasteiger partial charge in [-0.2, -0.15) is 5.10 Å². The van der Waals surface area contributed by atoms with Crippen LogP contribution in [0.2, 0.25) is 0 Å². The number of halogens is 1. The first-order chi connectivity index (χ1) is 20.7. The van der Waals surface area contributed by atoms with E-state index in [0.29, 0.717) is 35.2 Å². The summed E-state index contributed by atoms with van der Waals surface area (Å²) in [6.45, 7) is 5.68. The number of carbonyl (C=O) groups is 1. The molecule has 0 spiro atoms. The van der Waals surface area contributed by atoms with E-state index in [0.717, 1.165) is 55.8 Å². The molecule has 1 aromatic heterocycles. The Bertz CT molecular complexity index is 1700. The third-order valence-electron chi connectivity index (χ3n) is 8.86. The lowest BCUT2D eigenvalue weighted by Gasteiger charge is -2.33. The summed E-state index contributed by atoms with van der Waals surface area (Å²) in [6.07, 6.45) is 3.84. The van der Waals surface area contributed by atoms with Gasteiger partial charge in [-0.25, -0.2) is 17.5 Å². The van der Waals surface area contributed by atoms with Crippen molar-refractivity contribution < 1.29 is 17.6 Å². The van der Waals surface area contributed by atoms with E-state index in [1.165, 1.54) is 24.0 Å². The van der Waals surface area contributed by atoms with Gasteiger partial charge in [0.1, 0.15) is 5.82 Å². The van der Waals surface area contributed by atoms with Crippen LogP contribution < -0.4 is 0 Å². The van der Waals surface area contributed by atoms with Gasteiger partial charge < -0.3 is 4.90 Å². The monoisotopic (exact) mass is 600 g/mol. The molecule has 0 saturated carbocycles. The van der Waals surface area contributed by atoms with E-state index in [1.807, 2.05) is 46.8 Å². The van der Waals surface area contributed by atoms with E-state index in [1.54, 1.807) is 24.3 Å². The van der Waals surface area contributed by atoms with Crippen LogP contribution in [0.25, 0.3) is 5.69 Å². The SMILES string of the molecule is Cc1nn(-c2ccc(F)cc2)c(C2CCN(Cc3ccc(S(C)(=O)=O)cc3)CC2)c1C(=O)N1CC[C@H](c2ccccc2)C1. The third kappa shape index (κ3) is 6.28. The number of aryl methyl sites for hydroxylation is 1. The van der Waals surface area contributed by atoms with Crippen LogP contribution in [0, 0.1) is 12.7 Å². The minimum absolute atomic E-state index is 0.0210. The summed E-state index contributed by atoms with van der Waals surface area (Å²) in [5.74, 6) is 0.137. The number of nitrogens with zero attached hydrogens (tertiary/aromatic N) is 4. The van der Waals surface area contributed by atoms with Gasteiger partial charge in [0.25, 0.3) is 5.91 Å². The van der Waals surface area contributed by atoms with E-state index >= 15 is 0 Å². The van der Waals surface area contributed by atoms with Crippen LogP contribution in [0.1, 0.15) is 64.0 Å². The summed E-state index contributed by atoms with van der Waals surface area (Å²) >= 11 is 0. The first kappa shape index (κ1) is 29.3. The van der Waals surface area contributed by atoms with Gasteiger partial charge in [-0.1, -0.05) is 42.5 Å². The number of rotatable bonds is 7. The number of piperidine rings is 1. The van der Waals surface area contributed by atoms with Crippen LogP contribution in [0.4, 0.5) is 4.39 Å². The Labute approximate surface area is 252 Å². The van der Waals surface area contributed by atoms with Crippen molar-refractivity contribution >= 4 is 15.7 Å². The number of likely N-dealkylation sites (tertiary alicyclic amines) is 2. The first-order valence-corrected chi connectivity index (χ1v) is 16.8. The molecule has 1 atom stereocenters. The van der Waals surface area contributed by atoms with Crippen LogP contribution in [0.5, 0.6) is 0 Å². The molecule has 2 fully saturated rings. The van der Waals surface area contributed by atoms with Crippen molar-refractivity contribution in [3.63, 3.8) is 0 Å². The van der Waals surface area contributed by atoms with Gasteiger partial charge in [0.05, 0.1) is 27.5 Å². The van der Waals surface area contributed by atoms with E-state index in [9.17, 15) is 17.6 Å². The van der Waals surface area contributed by atoms with Gasteiger partial charge in [-0.15, -0.1) is 0 Å². The molecule has 2 aliphatic rings. The van der Waals surface area contributed by atoms with Crippen molar-refractivity contribution in [2.24, 2.45) is 0 Å². The number of sulfone groups is 1. The first-order valence-electron chi connectivity index (χ1n) is 14.9. The fraction of sp³-hybridized carbons (Fsp3) is 0.353. The highest BCUT2D eigenvalue weighted by molar-refractivity contribution is 7.90. The molecule has 2 aliphatic heterocycles. The Morgan fingerprint density at radius 3 is 2.19 bits per heavy atom. The van der Waals surface area contributed by atoms with E-state index in [-0.39, 0.29) is 17.6 Å². The molecule has 0 bridgehead atoms. The lowest BCUT2D eigenvalue weighted by atomic mass is 9.89. The molecule has 2 saturated heterocycles. The molecule has 3 aromatic carbocycles. The smallest absolute Gasteiger partial charge is 0.257 e. The third-order valence-corrected chi connectivity index (χ3v) is 9.99.